The molecule has 1 atom stereocenters. The van der Waals surface area contributed by atoms with E-state index in [9.17, 15) is 4.39 Å². The first-order valence-corrected chi connectivity index (χ1v) is 8.65. The monoisotopic (exact) mass is 355 g/mol. The molecule has 0 amide bonds. The fourth-order valence-electron chi connectivity index (χ4n) is 3.50. The number of hydrogen-bond donors (Lipinski definition) is 0. The van der Waals surface area contributed by atoms with Crippen LogP contribution in [-0.4, -0.2) is 37.4 Å². The van der Waals surface area contributed by atoms with Crippen LogP contribution in [-0.2, 0) is 17.7 Å². The van der Waals surface area contributed by atoms with E-state index in [1.54, 1.807) is 0 Å². The lowest BCUT2D eigenvalue weighted by Crippen LogP contribution is -2.39. The second-order valence-corrected chi connectivity index (χ2v) is 7.23. The summed E-state index contributed by atoms with van der Waals surface area (Å²) < 4.78 is 21.0. The maximum absolute atomic E-state index is 14.5. The van der Waals surface area contributed by atoms with Gasteiger partial charge in [0.25, 0.3) is 0 Å². The number of rotatable bonds is 3. The Morgan fingerprint density at radius 3 is 2.90 bits per heavy atom. The van der Waals surface area contributed by atoms with Crippen molar-refractivity contribution < 1.29 is 9.13 Å². The highest BCUT2D eigenvalue weighted by Gasteiger charge is 2.27. The molecule has 2 nitrogen and oxygen atoms in total. The maximum atomic E-state index is 14.5. The van der Waals surface area contributed by atoms with E-state index in [1.807, 2.05) is 0 Å². The van der Waals surface area contributed by atoms with Crippen molar-refractivity contribution in [1.82, 2.24) is 4.90 Å². The topological polar surface area (TPSA) is 12.5 Å². The van der Waals surface area contributed by atoms with E-state index in [1.165, 1.54) is 16.7 Å². The van der Waals surface area contributed by atoms with E-state index in [2.05, 4.69) is 39.9 Å². The molecule has 0 saturated carbocycles. The molecule has 116 valence electrons. The highest BCUT2D eigenvalue weighted by molar-refractivity contribution is 9.10. The highest BCUT2D eigenvalue weighted by Crippen LogP contribution is 2.28. The summed E-state index contributed by atoms with van der Waals surface area (Å²) in [5.41, 5.74) is 4.12. The SMILES string of the molecule is Cc1cc(Br)cc2c1CN(CC(F)C1CCOCC1)CC2. The third kappa shape index (κ3) is 3.66. The molecule has 0 bridgehead atoms. The van der Waals surface area contributed by atoms with Crippen molar-refractivity contribution in [2.75, 3.05) is 26.3 Å². The Labute approximate surface area is 134 Å². The van der Waals surface area contributed by atoms with Crippen LogP contribution in [0.1, 0.15) is 29.5 Å². The number of halogens is 2. The van der Waals surface area contributed by atoms with Crippen LogP contribution in [0.25, 0.3) is 0 Å². The van der Waals surface area contributed by atoms with Gasteiger partial charge in [0.2, 0.25) is 0 Å². The largest absolute Gasteiger partial charge is 0.381 e. The van der Waals surface area contributed by atoms with Crippen LogP contribution in [0.2, 0.25) is 0 Å². The third-order valence-electron chi connectivity index (χ3n) is 4.82. The molecular weight excluding hydrogens is 333 g/mol. The predicted octanol–water partition coefficient (Wildman–Crippen LogP) is 3.88. The summed E-state index contributed by atoms with van der Waals surface area (Å²) >= 11 is 3.56. The van der Waals surface area contributed by atoms with Crippen molar-refractivity contribution in [1.29, 1.82) is 0 Å². The van der Waals surface area contributed by atoms with Gasteiger partial charge in [0.05, 0.1) is 0 Å². The van der Waals surface area contributed by atoms with Gasteiger partial charge >= 0.3 is 0 Å². The number of aryl methyl sites for hydroxylation is 1. The van der Waals surface area contributed by atoms with Crippen molar-refractivity contribution in [2.24, 2.45) is 5.92 Å². The van der Waals surface area contributed by atoms with Crippen molar-refractivity contribution in [3.05, 3.63) is 33.3 Å². The lowest BCUT2D eigenvalue weighted by molar-refractivity contribution is 0.0252. The zero-order chi connectivity index (χ0) is 14.8. The number of nitrogens with zero attached hydrogens (tertiary/aromatic N) is 1. The summed E-state index contributed by atoms with van der Waals surface area (Å²) in [6.07, 6.45) is 2.05. The molecule has 1 fully saturated rings. The van der Waals surface area contributed by atoms with E-state index in [4.69, 9.17) is 4.74 Å². The minimum atomic E-state index is -0.716. The molecule has 2 aliphatic heterocycles. The molecule has 3 rings (SSSR count). The Bertz CT molecular complexity index is 502. The van der Waals surface area contributed by atoms with Gasteiger partial charge in [-0.05, 0) is 60.9 Å². The van der Waals surface area contributed by atoms with Crippen LogP contribution < -0.4 is 0 Å². The Morgan fingerprint density at radius 2 is 2.14 bits per heavy atom. The first-order valence-electron chi connectivity index (χ1n) is 7.85. The number of alkyl halides is 1. The van der Waals surface area contributed by atoms with Gasteiger partial charge < -0.3 is 4.74 Å². The van der Waals surface area contributed by atoms with Gasteiger partial charge in [-0.1, -0.05) is 15.9 Å². The molecule has 1 saturated heterocycles. The average Bonchev–Trinajstić information content (AvgIpc) is 2.48. The minimum absolute atomic E-state index is 0.186. The molecule has 1 unspecified atom stereocenters. The lowest BCUT2D eigenvalue weighted by atomic mass is 9.92. The number of ether oxygens (including phenoxy) is 1. The normalized spacial score (nSPS) is 22.0. The summed E-state index contributed by atoms with van der Waals surface area (Å²) in [5, 5.41) is 0. The van der Waals surface area contributed by atoms with Crippen LogP contribution >= 0.6 is 15.9 Å². The molecule has 0 N–H and O–H groups in total. The van der Waals surface area contributed by atoms with Gasteiger partial charge in [-0.25, -0.2) is 4.39 Å². The summed E-state index contributed by atoms with van der Waals surface area (Å²) in [4.78, 5) is 2.28. The number of fused-ring (bicyclic) bond motifs is 1. The van der Waals surface area contributed by atoms with E-state index in [-0.39, 0.29) is 5.92 Å². The Balaban J connectivity index is 1.63. The van der Waals surface area contributed by atoms with Gasteiger partial charge in [-0.15, -0.1) is 0 Å². The summed E-state index contributed by atoms with van der Waals surface area (Å²) in [6.45, 7) is 6.02. The second-order valence-electron chi connectivity index (χ2n) is 6.31. The molecule has 0 aromatic heterocycles. The molecular formula is C17H23BrFNO. The van der Waals surface area contributed by atoms with Crippen molar-refractivity contribution in [3.8, 4) is 0 Å². The van der Waals surface area contributed by atoms with Crippen LogP contribution in [0.3, 0.4) is 0 Å². The molecule has 2 heterocycles. The molecule has 2 aliphatic rings. The van der Waals surface area contributed by atoms with Gasteiger partial charge in [-0.3, -0.25) is 4.90 Å². The summed E-state index contributed by atoms with van der Waals surface area (Å²) in [6, 6.07) is 4.37. The number of benzene rings is 1. The Kier molecular flexibility index (Phi) is 4.97. The smallest absolute Gasteiger partial charge is 0.116 e. The molecule has 0 spiro atoms. The van der Waals surface area contributed by atoms with Gasteiger partial charge in [0.15, 0.2) is 0 Å². The Morgan fingerprint density at radius 1 is 1.38 bits per heavy atom. The quantitative estimate of drug-likeness (QED) is 0.815. The zero-order valence-electron chi connectivity index (χ0n) is 12.6. The molecule has 0 aliphatic carbocycles. The molecule has 4 heteroatoms. The number of hydrogen-bond acceptors (Lipinski definition) is 2. The molecule has 1 aromatic carbocycles. The predicted molar refractivity (Wildman–Crippen MR) is 86.3 cm³/mol. The van der Waals surface area contributed by atoms with Crippen LogP contribution in [0, 0.1) is 12.8 Å². The zero-order valence-corrected chi connectivity index (χ0v) is 14.2. The van der Waals surface area contributed by atoms with Gasteiger partial charge in [-0.2, -0.15) is 0 Å². The van der Waals surface area contributed by atoms with E-state index >= 15 is 0 Å². The third-order valence-corrected chi connectivity index (χ3v) is 5.28. The maximum Gasteiger partial charge on any atom is 0.116 e. The van der Waals surface area contributed by atoms with Crippen LogP contribution in [0.15, 0.2) is 16.6 Å². The van der Waals surface area contributed by atoms with Crippen molar-refractivity contribution >= 4 is 15.9 Å². The standard InChI is InChI=1S/C17H23BrFNO/c1-12-8-15(18)9-14-2-5-20(10-16(12)14)11-17(19)13-3-6-21-7-4-13/h8-9,13,17H,2-7,10-11H2,1H3. The first-order chi connectivity index (χ1) is 10.1. The lowest BCUT2D eigenvalue weighted by Gasteiger charge is -2.33. The first kappa shape index (κ1) is 15.4. The summed E-state index contributed by atoms with van der Waals surface area (Å²) in [5.74, 6) is 0.186. The van der Waals surface area contributed by atoms with Gasteiger partial charge in [0, 0.05) is 37.3 Å². The summed E-state index contributed by atoms with van der Waals surface area (Å²) in [7, 11) is 0. The molecule has 1 aromatic rings. The van der Waals surface area contributed by atoms with Crippen molar-refractivity contribution in [3.63, 3.8) is 0 Å². The highest BCUT2D eigenvalue weighted by atomic mass is 79.9. The molecule has 0 radical (unpaired) electrons. The average molecular weight is 356 g/mol. The van der Waals surface area contributed by atoms with Crippen LogP contribution in [0.4, 0.5) is 4.39 Å². The fourth-order valence-corrected chi connectivity index (χ4v) is 4.12. The molecule has 21 heavy (non-hydrogen) atoms. The van der Waals surface area contributed by atoms with E-state index in [0.717, 1.165) is 50.0 Å². The second kappa shape index (κ2) is 6.76. The van der Waals surface area contributed by atoms with E-state index < -0.39 is 6.17 Å². The van der Waals surface area contributed by atoms with Crippen LogP contribution in [0.5, 0.6) is 0 Å². The van der Waals surface area contributed by atoms with Gasteiger partial charge in [0.1, 0.15) is 6.17 Å². The minimum Gasteiger partial charge on any atom is -0.381 e. The fraction of sp³-hybridized carbons (Fsp3) is 0.647. The van der Waals surface area contributed by atoms with Crippen molar-refractivity contribution in [2.45, 2.75) is 38.9 Å². The van der Waals surface area contributed by atoms with E-state index in [0.29, 0.717) is 6.54 Å². The Hall–Kier alpha value is -0.450.